The number of aromatic nitrogens is 1. The number of hydrogen-bond acceptors (Lipinski definition) is 4. The van der Waals surface area contributed by atoms with Crippen molar-refractivity contribution in [3.8, 4) is 0 Å². The van der Waals surface area contributed by atoms with Gasteiger partial charge in [0.05, 0.1) is 11.1 Å². The lowest BCUT2D eigenvalue weighted by atomic mass is 10.1. The molecule has 5 nitrogen and oxygen atoms in total. The van der Waals surface area contributed by atoms with Gasteiger partial charge in [-0.3, -0.25) is 4.79 Å². The van der Waals surface area contributed by atoms with Crippen LogP contribution >= 0.6 is 0 Å². The Morgan fingerprint density at radius 1 is 1.40 bits per heavy atom. The summed E-state index contributed by atoms with van der Waals surface area (Å²) in [6.45, 7) is 1.81. The van der Waals surface area contributed by atoms with Gasteiger partial charge >= 0.3 is 0 Å². The zero-order chi connectivity index (χ0) is 14.5. The lowest BCUT2D eigenvalue weighted by Gasteiger charge is -2.19. The van der Waals surface area contributed by atoms with Gasteiger partial charge in [0.2, 0.25) is 5.91 Å². The van der Waals surface area contributed by atoms with Crippen molar-refractivity contribution >= 4 is 22.6 Å². The molecular formula is C15H20N4O. The first kappa shape index (κ1) is 14.3. The molecule has 0 fully saturated rings. The van der Waals surface area contributed by atoms with E-state index in [1.807, 2.05) is 43.3 Å². The van der Waals surface area contributed by atoms with E-state index in [-0.39, 0.29) is 0 Å². The predicted octanol–water partition coefficient (Wildman–Crippen LogP) is 1.38. The summed E-state index contributed by atoms with van der Waals surface area (Å²) in [4.78, 5) is 18.2. The molecule has 0 aliphatic carbocycles. The number of nitrogens with zero attached hydrogens (tertiary/aromatic N) is 2. The number of fused-ring (bicyclic) bond motifs is 1. The second kappa shape index (κ2) is 6.34. The maximum absolute atomic E-state index is 11.6. The number of carbonyl (C=O) groups is 1. The highest BCUT2D eigenvalue weighted by Gasteiger charge is 2.12. The fraction of sp³-hybridized carbons (Fsp3) is 0.333. The van der Waals surface area contributed by atoms with Crippen LogP contribution in [0.15, 0.2) is 30.3 Å². The summed E-state index contributed by atoms with van der Waals surface area (Å²) in [7, 11) is 3.90. The van der Waals surface area contributed by atoms with Gasteiger partial charge in [-0.1, -0.05) is 18.2 Å². The van der Waals surface area contributed by atoms with Gasteiger partial charge in [0.1, 0.15) is 5.82 Å². The maximum atomic E-state index is 11.6. The summed E-state index contributed by atoms with van der Waals surface area (Å²) in [6.07, 6.45) is 1.01. The van der Waals surface area contributed by atoms with Crippen LogP contribution < -0.4 is 16.0 Å². The molecule has 5 heteroatoms. The summed E-state index contributed by atoms with van der Waals surface area (Å²) in [5, 5.41) is 3.91. The zero-order valence-corrected chi connectivity index (χ0v) is 11.9. The minimum atomic E-state index is -0.423. The van der Waals surface area contributed by atoms with E-state index in [0.29, 0.717) is 5.56 Å². The monoisotopic (exact) mass is 272 g/mol. The summed E-state index contributed by atoms with van der Waals surface area (Å²) >= 11 is 0. The van der Waals surface area contributed by atoms with Crippen molar-refractivity contribution in [3.05, 3.63) is 35.9 Å². The standard InChI is InChI=1S/C15H20N4O/c1-17-8-5-9-19(2)14-10-12(15(16)20)11-6-3-4-7-13(11)18-14/h3-4,6-7,10,17H,5,8-9H2,1-2H3,(H2,16,20). The van der Waals surface area contributed by atoms with Crippen molar-refractivity contribution in [3.63, 3.8) is 0 Å². The molecule has 3 N–H and O–H groups in total. The molecule has 0 spiro atoms. The number of nitrogens with two attached hydrogens (primary N) is 1. The average Bonchev–Trinajstić information content (AvgIpc) is 2.46. The van der Waals surface area contributed by atoms with Crippen LogP contribution in [0.25, 0.3) is 10.9 Å². The van der Waals surface area contributed by atoms with E-state index < -0.39 is 5.91 Å². The molecule has 20 heavy (non-hydrogen) atoms. The molecule has 0 aliphatic rings. The molecule has 0 saturated heterocycles. The number of para-hydroxylation sites is 1. The summed E-state index contributed by atoms with van der Waals surface area (Å²) in [5.41, 5.74) is 6.79. The van der Waals surface area contributed by atoms with Gasteiger partial charge in [-0.05, 0) is 32.1 Å². The van der Waals surface area contributed by atoms with Crippen molar-refractivity contribution in [2.45, 2.75) is 6.42 Å². The van der Waals surface area contributed by atoms with Crippen LogP contribution in [-0.4, -0.2) is 38.1 Å². The average molecular weight is 272 g/mol. The Bertz CT molecular complexity index is 612. The zero-order valence-electron chi connectivity index (χ0n) is 11.9. The molecule has 0 radical (unpaired) electrons. The number of pyridine rings is 1. The fourth-order valence-electron chi connectivity index (χ4n) is 2.17. The van der Waals surface area contributed by atoms with E-state index in [1.165, 1.54) is 0 Å². The fourth-order valence-corrected chi connectivity index (χ4v) is 2.17. The Kier molecular flexibility index (Phi) is 4.53. The second-order valence-electron chi connectivity index (χ2n) is 4.79. The van der Waals surface area contributed by atoms with Gasteiger partial charge in [-0.15, -0.1) is 0 Å². The van der Waals surface area contributed by atoms with Crippen LogP contribution in [0, 0.1) is 0 Å². The topological polar surface area (TPSA) is 71.2 Å². The molecule has 0 unspecified atom stereocenters. The number of anilines is 1. The summed E-state index contributed by atoms with van der Waals surface area (Å²) in [5.74, 6) is 0.349. The van der Waals surface area contributed by atoms with Gasteiger partial charge in [0.15, 0.2) is 0 Å². The summed E-state index contributed by atoms with van der Waals surface area (Å²) < 4.78 is 0. The van der Waals surface area contributed by atoms with Gasteiger partial charge in [0.25, 0.3) is 0 Å². The normalized spacial score (nSPS) is 10.7. The SMILES string of the molecule is CNCCCN(C)c1cc(C(N)=O)c2ccccc2n1. The molecule has 0 bridgehead atoms. The van der Waals surface area contributed by atoms with Crippen LogP contribution in [0.5, 0.6) is 0 Å². The highest BCUT2D eigenvalue weighted by atomic mass is 16.1. The molecule has 1 aromatic heterocycles. The third-order valence-corrected chi connectivity index (χ3v) is 3.28. The van der Waals surface area contributed by atoms with E-state index in [2.05, 4.69) is 10.3 Å². The molecule has 2 aromatic rings. The van der Waals surface area contributed by atoms with Gasteiger partial charge in [0, 0.05) is 19.0 Å². The molecule has 1 aromatic carbocycles. The van der Waals surface area contributed by atoms with Crippen molar-refractivity contribution in [1.82, 2.24) is 10.3 Å². The minimum absolute atomic E-state index is 0.423. The van der Waals surface area contributed by atoms with E-state index >= 15 is 0 Å². The van der Waals surface area contributed by atoms with E-state index in [4.69, 9.17) is 5.73 Å². The predicted molar refractivity (Wildman–Crippen MR) is 82.1 cm³/mol. The van der Waals surface area contributed by atoms with E-state index in [1.54, 1.807) is 6.07 Å². The molecule has 0 atom stereocenters. The first-order valence-electron chi connectivity index (χ1n) is 6.69. The minimum Gasteiger partial charge on any atom is -0.366 e. The summed E-state index contributed by atoms with van der Waals surface area (Å²) in [6, 6.07) is 9.32. The van der Waals surface area contributed by atoms with Crippen LogP contribution in [0.2, 0.25) is 0 Å². The molecule has 1 amide bonds. The lowest BCUT2D eigenvalue weighted by molar-refractivity contribution is 0.100. The number of rotatable bonds is 6. The van der Waals surface area contributed by atoms with Crippen LogP contribution in [0.3, 0.4) is 0 Å². The largest absolute Gasteiger partial charge is 0.366 e. The molecule has 106 valence electrons. The van der Waals surface area contributed by atoms with Crippen LogP contribution in [0.4, 0.5) is 5.82 Å². The van der Waals surface area contributed by atoms with Gasteiger partial charge in [-0.25, -0.2) is 4.98 Å². The second-order valence-corrected chi connectivity index (χ2v) is 4.79. The smallest absolute Gasteiger partial charge is 0.249 e. The third kappa shape index (κ3) is 3.05. The van der Waals surface area contributed by atoms with Crippen LogP contribution in [-0.2, 0) is 0 Å². The molecule has 0 saturated carbocycles. The molecular weight excluding hydrogens is 252 g/mol. The quantitative estimate of drug-likeness (QED) is 0.779. The Hall–Kier alpha value is -2.14. The van der Waals surface area contributed by atoms with Crippen LogP contribution in [0.1, 0.15) is 16.8 Å². The van der Waals surface area contributed by atoms with E-state index in [0.717, 1.165) is 36.2 Å². The highest BCUT2D eigenvalue weighted by molar-refractivity contribution is 6.06. The number of nitrogens with one attached hydrogen (secondary N) is 1. The number of benzene rings is 1. The number of primary amides is 1. The first-order chi connectivity index (χ1) is 9.63. The van der Waals surface area contributed by atoms with Gasteiger partial charge in [-0.2, -0.15) is 0 Å². The van der Waals surface area contributed by atoms with Gasteiger partial charge < -0.3 is 16.0 Å². The highest BCUT2D eigenvalue weighted by Crippen LogP contribution is 2.22. The Balaban J connectivity index is 2.37. The number of carbonyl (C=O) groups excluding carboxylic acids is 1. The molecule has 2 rings (SSSR count). The molecule has 1 heterocycles. The molecule has 0 aliphatic heterocycles. The first-order valence-corrected chi connectivity index (χ1v) is 6.69. The van der Waals surface area contributed by atoms with E-state index in [9.17, 15) is 4.79 Å². The Morgan fingerprint density at radius 2 is 2.15 bits per heavy atom. The van der Waals surface area contributed by atoms with Crippen molar-refractivity contribution in [2.24, 2.45) is 5.73 Å². The number of hydrogen-bond donors (Lipinski definition) is 2. The van der Waals surface area contributed by atoms with Crippen molar-refractivity contribution in [2.75, 3.05) is 32.1 Å². The van der Waals surface area contributed by atoms with Crippen molar-refractivity contribution < 1.29 is 4.79 Å². The maximum Gasteiger partial charge on any atom is 0.249 e. The lowest BCUT2D eigenvalue weighted by Crippen LogP contribution is -2.24. The number of amides is 1. The Labute approximate surface area is 118 Å². The van der Waals surface area contributed by atoms with Crippen molar-refractivity contribution in [1.29, 1.82) is 0 Å². The Morgan fingerprint density at radius 3 is 2.85 bits per heavy atom. The third-order valence-electron chi connectivity index (χ3n) is 3.28.